The van der Waals surface area contributed by atoms with Gasteiger partial charge in [-0.3, -0.25) is 9.59 Å². The smallest absolute Gasteiger partial charge is 0.231 e. The van der Waals surface area contributed by atoms with Gasteiger partial charge in [-0.2, -0.15) is 5.10 Å². The Morgan fingerprint density at radius 1 is 1.62 bits per heavy atom. The highest BCUT2D eigenvalue weighted by molar-refractivity contribution is 7.96. The number of hydrazone groups is 1. The van der Waals surface area contributed by atoms with Crippen molar-refractivity contribution in [2.75, 3.05) is 27.7 Å². The van der Waals surface area contributed by atoms with E-state index < -0.39 is 0 Å². The number of amides is 2. The van der Waals surface area contributed by atoms with Crippen LogP contribution in [0.25, 0.3) is 0 Å². The van der Waals surface area contributed by atoms with Gasteiger partial charge in [0.2, 0.25) is 11.8 Å². The van der Waals surface area contributed by atoms with Crippen LogP contribution in [0.15, 0.2) is 5.10 Å². The molecule has 16 heavy (non-hydrogen) atoms. The third-order valence-corrected chi connectivity index (χ3v) is 2.44. The van der Waals surface area contributed by atoms with Gasteiger partial charge < -0.3 is 15.2 Å². The molecule has 1 saturated heterocycles. The molecule has 0 bridgehead atoms. The second-order valence-electron chi connectivity index (χ2n) is 3.94. The highest BCUT2D eigenvalue weighted by Crippen LogP contribution is 2.15. The van der Waals surface area contributed by atoms with E-state index in [4.69, 9.17) is 0 Å². The van der Waals surface area contributed by atoms with Crippen LogP contribution in [0.4, 0.5) is 0 Å². The van der Waals surface area contributed by atoms with E-state index in [1.165, 1.54) is 5.01 Å². The molecule has 1 aliphatic heterocycles. The molecule has 2 amide bonds. The van der Waals surface area contributed by atoms with Crippen LogP contribution in [-0.4, -0.2) is 54.6 Å². The maximum atomic E-state index is 11.7. The fourth-order valence-electron chi connectivity index (χ4n) is 1.47. The summed E-state index contributed by atoms with van der Waals surface area (Å²) in [5.41, 5.74) is 0. The summed E-state index contributed by atoms with van der Waals surface area (Å²) in [6.07, 6.45) is 0.255. The lowest BCUT2D eigenvalue weighted by atomic mass is 10.1. The summed E-state index contributed by atoms with van der Waals surface area (Å²) in [6.45, 7) is 0.452. The lowest BCUT2D eigenvalue weighted by Gasteiger charge is -2.11. The summed E-state index contributed by atoms with van der Waals surface area (Å²) >= 11 is 4.02. The van der Waals surface area contributed by atoms with Gasteiger partial charge in [0.05, 0.1) is 5.92 Å². The molecule has 1 rings (SSSR count). The summed E-state index contributed by atoms with van der Waals surface area (Å²) in [5, 5.41) is 8.23. The lowest BCUT2D eigenvalue weighted by Crippen LogP contribution is -2.35. The van der Waals surface area contributed by atoms with Crippen LogP contribution in [0.2, 0.25) is 0 Å². The molecule has 1 heterocycles. The van der Waals surface area contributed by atoms with Gasteiger partial charge >= 0.3 is 0 Å². The topological polar surface area (TPSA) is 65.0 Å². The summed E-state index contributed by atoms with van der Waals surface area (Å²) in [4.78, 5) is 24.5. The van der Waals surface area contributed by atoms with Crippen molar-refractivity contribution in [2.24, 2.45) is 11.0 Å². The van der Waals surface area contributed by atoms with E-state index in [1.54, 1.807) is 26.0 Å². The van der Waals surface area contributed by atoms with E-state index >= 15 is 0 Å². The molecule has 1 N–H and O–H groups in total. The van der Waals surface area contributed by atoms with Gasteiger partial charge in [-0.25, -0.2) is 0 Å². The molecular weight excluding hydrogens is 228 g/mol. The van der Waals surface area contributed by atoms with Crippen molar-refractivity contribution in [1.82, 2.24) is 15.2 Å². The maximum absolute atomic E-state index is 11.7. The van der Waals surface area contributed by atoms with E-state index in [0.29, 0.717) is 6.54 Å². The molecule has 1 unspecified atom stereocenters. The molecule has 6 nitrogen and oxygen atoms in total. The molecule has 0 spiro atoms. The minimum atomic E-state index is -0.308. The number of hydrogen-bond acceptors (Lipinski definition) is 4. The van der Waals surface area contributed by atoms with Gasteiger partial charge in [-0.05, 0) is 0 Å². The monoisotopic (exact) mass is 244 g/mol. The van der Waals surface area contributed by atoms with Crippen molar-refractivity contribution in [2.45, 2.75) is 6.42 Å². The van der Waals surface area contributed by atoms with Gasteiger partial charge in [0.15, 0.2) is 5.17 Å². The SMILES string of the molecule is CN(C)/N=C(\S)NC(=O)C1CC(=O)N(C)C1. The Labute approximate surface area is 100 Å². The van der Waals surface area contributed by atoms with Crippen molar-refractivity contribution in [3.05, 3.63) is 0 Å². The van der Waals surface area contributed by atoms with Crippen molar-refractivity contribution < 1.29 is 9.59 Å². The van der Waals surface area contributed by atoms with Crippen LogP contribution in [-0.2, 0) is 9.59 Å². The largest absolute Gasteiger partial charge is 0.345 e. The van der Waals surface area contributed by atoms with E-state index in [0.717, 1.165) is 0 Å². The average Bonchev–Trinajstić information content (AvgIpc) is 2.45. The Morgan fingerprint density at radius 2 is 2.25 bits per heavy atom. The third-order valence-electron chi connectivity index (χ3n) is 2.24. The Balaban J connectivity index is 2.51. The standard InChI is InChI=1S/C9H16N4O2S/c1-12(2)11-9(16)10-8(15)6-4-7(14)13(3)5-6/h6H,4-5H2,1-3H3,(H2,10,11,15,16). The molecule has 90 valence electrons. The summed E-state index contributed by atoms with van der Waals surface area (Å²) < 4.78 is 0. The van der Waals surface area contributed by atoms with Crippen LogP contribution < -0.4 is 5.32 Å². The summed E-state index contributed by atoms with van der Waals surface area (Å²) in [5.74, 6) is -0.532. The zero-order chi connectivity index (χ0) is 12.3. The molecule has 0 radical (unpaired) electrons. The highest BCUT2D eigenvalue weighted by Gasteiger charge is 2.32. The van der Waals surface area contributed by atoms with Gasteiger partial charge in [-0.1, -0.05) is 0 Å². The predicted octanol–water partition coefficient (Wildman–Crippen LogP) is -0.657. The van der Waals surface area contributed by atoms with Crippen molar-refractivity contribution in [1.29, 1.82) is 0 Å². The van der Waals surface area contributed by atoms with Gasteiger partial charge in [0, 0.05) is 34.1 Å². The Hall–Kier alpha value is -1.24. The molecule has 0 aromatic heterocycles. The summed E-state index contributed by atoms with van der Waals surface area (Å²) in [7, 11) is 5.15. The fraction of sp³-hybridized carbons (Fsp3) is 0.667. The lowest BCUT2D eigenvalue weighted by molar-refractivity contribution is -0.127. The first kappa shape index (κ1) is 12.8. The highest BCUT2D eigenvalue weighted by atomic mass is 32.1. The Morgan fingerprint density at radius 3 is 2.69 bits per heavy atom. The second kappa shape index (κ2) is 5.20. The Bertz CT molecular complexity index is 329. The van der Waals surface area contributed by atoms with E-state index in [1.807, 2.05) is 0 Å². The van der Waals surface area contributed by atoms with Crippen LogP contribution in [0.3, 0.4) is 0 Å². The van der Waals surface area contributed by atoms with Gasteiger partial charge in [0.25, 0.3) is 0 Å². The van der Waals surface area contributed by atoms with Crippen molar-refractivity contribution in [3.63, 3.8) is 0 Å². The number of likely N-dealkylation sites (tertiary alicyclic amines) is 1. The zero-order valence-corrected chi connectivity index (χ0v) is 10.5. The number of carbonyl (C=O) groups is 2. The predicted molar refractivity (Wildman–Crippen MR) is 64.0 cm³/mol. The van der Waals surface area contributed by atoms with Crippen LogP contribution in [0.1, 0.15) is 6.42 Å². The second-order valence-corrected chi connectivity index (χ2v) is 4.36. The quantitative estimate of drug-likeness (QED) is 0.293. The molecular formula is C9H16N4O2S. The molecule has 0 aromatic rings. The van der Waals surface area contributed by atoms with Crippen LogP contribution in [0, 0.1) is 5.92 Å². The van der Waals surface area contributed by atoms with Gasteiger partial charge in [-0.15, -0.1) is 12.6 Å². The molecule has 1 fully saturated rings. The van der Waals surface area contributed by atoms with Gasteiger partial charge in [0.1, 0.15) is 0 Å². The first-order valence-corrected chi connectivity index (χ1v) is 5.34. The van der Waals surface area contributed by atoms with Crippen molar-refractivity contribution in [3.8, 4) is 0 Å². The fourth-order valence-corrected chi connectivity index (χ4v) is 1.75. The van der Waals surface area contributed by atoms with Crippen LogP contribution >= 0.6 is 12.6 Å². The molecule has 1 aliphatic rings. The van der Waals surface area contributed by atoms with E-state index in [9.17, 15) is 9.59 Å². The van der Waals surface area contributed by atoms with E-state index in [-0.39, 0.29) is 29.3 Å². The number of nitrogens with zero attached hydrogens (tertiary/aromatic N) is 3. The number of carbonyl (C=O) groups excluding carboxylic acids is 2. The van der Waals surface area contributed by atoms with E-state index in [2.05, 4.69) is 23.0 Å². The molecule has 0 saturated carbocycles. The minimum absolute atomic E-state index is 0.00888. The molecule has 7 heteroatoms. The third kappa shape index (κ3) is 3.41. The number of amidine groups is 1. The van der Waals surface area contributed by atoms with Crippen LogP contribution in [0.5, 0.6) is 0 Å². The van der Waals surface area contributed by atoms with Crippen molar-refractivity contribution >= 4 is 29.6 Å². The number of hydrogen-bond donors (Lipinski definition) is 2. The number of thiol groups is 1. The molecule has 1 atom stereocenters. The summed E-state index contributed by atoms with van der Waals surface area (Å²) in [6, 6.07) is 0. The average molecular weight is 244 g/mol. The number of nitrogens with one attached hydrogen (secondary N) is 1. The first-order valence-electron chi connectivity index (χ1n) is 4.90. The number of rotatable bonds is 2. The normalized spacial score (nSPS) is 21.2. The zero-order valence-electron chi connectivity index (χ0n) is 9.60. The molecule has 0 aliphatic carbocycles. The maximum Gasteiger partial charge on any atom is 0.231 e. The minimum Gasteiger partial charge on any atom is -0.345 e. The Kier molecular flexibility index (Phi) is 4.17. The first-order chi connectivity index (χ1) is 7.40. The molecule has 0 aromatic carbocycles.